The van der Waals surface area contributed by atoms with Crippen LogP contribution in [0.5, 0.6) is 0 Å². The quantitative estimate of drug-likeness (QED) is 0.378. The van der Waals surface area contributed by atoms with Crippen molar-refractivity contribution in [3.8, 4) is 0 Å². The molecule has 2 saturated carbocycles. The van der Waals surface area contributed by atoms with Crippen molar-refractivity contribution >= 4 is 0 Å². The Kier molecular flexibility index (Phi) is 5.40. The van der Waals surface area contributed by atoms with Gasteiger partial charge in [0.25, 0.3) is 0 Å². The van der Waals surface area contributed by atoms with Crippen LogP contribution in [-0.2, 0) is 9.78 Å². The normalized spacial score (nSPS) is 49.0. The summed E-state index contributed by atoms with van der Waals surface area (Å²) in [5.41, 5.74) is 0.653. The van der Waals surface area contributed by atoms with Crippen LogP contribution in [0.25, 0.3) is 0 Å². The summed E-state index contributed by atoms with van der Waals surface area (Å²) in [4.78, 5) is 12.7. The summed E-state index contributed by atoms with van der Waals surface area (Å²) < 4.78 is 0. The highest BCUT2D eigenvalue weighted by Crippen LogP contribution is 2.71. The number of hydrogen-bond acceptors (Lipinski definition) is 3. The summed E-state index contributed by atoms with van der Waals surface area (Å²) in [5.74, 6) is 3.05. The Balaban J connectivity index is 1.47. The van der Waals surface area contributed by atoms with Gasteiger partial charge in [-0.25, -0.2) is 9.78 Å². The minimum absolute atomic E-state index is 0.0736. The predicted octanol–water partition coefficient (Wildman–Crippen LogP) is 6.78. The molecule has 2 heterocycles. The van der Waals surface area contributed by atoms with Gasteiger partial charge >= 0.3 is 0 Å². The Morgan fingerprint density at radius 2 is 1.88 bits per heavy atom. The third-order valence-corrected chi connectivity index (χ3v) is 10.7. The van der Waals surface area contributed by atoms with E-state index in [0.29, 0.717) is 36.0 Å². The Labute approximate surface area is 195 Å². The molecule has 3 heteroatoms. The minimum Gasteiger partial charge on any atom is -0.393 e. The molecule has 2 aliphatic heterocycles. The highest BCUT2D eigenvalue weighted by molar-refractivity contribution is 5.48. The molecule has 0 amide bonds. The van der Waals surface area contributed by atoms with Gasteiger partial charge in [0.1, 0.15) is 11.2 Å². The lowest BCUT2D eigenvalue weighted by atomic mass is 9.47. The van der Waals surface area contributed by atoms with E-state index in [2.05, 4.69) is 71.9 Å². The first-order chi connectivity index (χ1) is 15.1. The number of aliphatic hydroxyl groups excluding tert-OH is 1. The fraction of sp³-hybridized carbons (Fsp3) is 0.793. The van der Waals surface area contributed by atoms with Gasteiger partial charge in [0, 0.05) is 17.8 Å². The fourth-order valence-electron chi connectivity index (χ4n) is 8.58. The second-order valence-corrected chi connectivity index (χ2v) is 12.5. The van der Waals surface area contributed by atoms with E-state index in [4.69, 9.17) is 9.78 Å². The second-order valence-electron chi connectivity index (χ2n) is 12.5. The highest BCUT2D eigenvalue weighted by Gasteiger charge is 2.71. The Hall–Kier alpha value is -0.900. The van der Waals surface area contributed by atoms with E-state index < -0.39 is 11.2 Å². The summed E-state index contributed by atoms with van der Waals surface area (Å²) in [6.07, 6.45) is 19.1. The Bertz CT molecular complexity index is 841. The maximum atomic E-state index is 10.4. The maximum Gasteiger partial charge on any atom is 0.147 e. The molecule has 4 aliphatic carbocycles. The highest BCUT2D eigenvalue weighted by atomic mass is 17.2. The molecule has 0 radical (unpaired) electrons. The first-order valence-corrected chi connectivity index (χ1v) is 13.3. The summed E-state index contributed by atoms with van der Waals surface area (Å²) in [6.45, 7) is 14.3. The van der Waals surface area contributed by atoms with Crippen molar-refractivity contribution in [3.63, 3.8) is 0 Å². The zero-order chi connectivity index (χ0) is 22.9. The molecule has 0 aromatic rings. The zero-order valence-corrected chi connectivity index (χ0v) is 21.1. The monoisotopic (exact) mass is 440 g/mol. The van der Waals surface area contributed by atoms with E-state index in [0.717, 1.165) is 19.3 Å². The van der Waals surface area contributed by atoms with E-state index in [1.807, 2.05) is 0 Å². The summed E-state index contributed by atoms with van der Waals surface area (Å²) in [5, 5.41) is 10.4. The van der Waals surface area contributed by atoms with Gasteiger partial charge in [-0.3, -0.25) is 0 Å². The second kappa shape index (κ2) is 7.55. The molecule has 3 fully saturated rings. The molecule has 3 nitrogen and oxygen atoms in total. The van der Waals surface area contributed by atoms with Crippen molar-refractivity contribution in [1.29, 1.82) is 0 Å². The number of aliphatic hydroxyl groups is 1. The zero-order valence-electron chi connectivity index (χ0n) is 21.1. The van der Waals surface area contributed by atoms with Gasteiger partial charge in [-0.15, -0.1) is 0 Å². The van der Waals surface area contributed by atoms with E-state index in [-0.39, 0.29) is 16.9 Å². The van der Waals surface area contributed by atoms with Gasteiger partial charge in [0.05, 0.1) is 6.10 Å². The lowest BCUT2D eigenvalue weighted by Gasteiger charge is -2.66. The molecule has 6 aliphatic rings. The molecule has 6 unspecified atom stereocenters. The van der Waals surface area contributed by atoms with Gasteiger partial charge in [0.15, 0.2) is 0 Å². The lowest BCUT2D eigenvalue weighted by molar-refractivity contribution is -0.455. The van der Waals surface area contributed by atoms with Crippen LogP contribution >= 0.6 is 0 Å². The molecule has 0 aromatic carbocycles. The topological polar surface area (TPSA) is 38.7 Å². The maximum absolute atomic E-state index is 10.4. The molecule has 9 atom stereocenters. The summed E-state index contributed by atoms with van der Waals surface area (Å²) in [6, 6.07) is 0. The van der Waals surface area contributed by atoms with Crippen molar-refractivity contribution in [3.05, 3.63) is 36.0 Å². The van der Waals surface area contributed by atoms with Crippen LogP contribution in [0.2, 0.25) is 0 Å². The van der Waals surface area contributed by atoms with Gasteiger partial charge in [-0.2, -0.15) is 0 Å². The SMILES string of the molecule is CCC(/C=C/[C@@H](C)C1CCC2C1(C)CC=C1C3(C)CCC(O)C[C@]34C=C[C@@]12OO4)C(C)C. The number of hydrogen-bond donors (Lipinski definition) is 1. The van der Waals surface area contributed by atoms with E-state index in [1.54, 1.807) is 0 Å². The van der Waals surface area contributed by atoms with Crippen LogP contribution in [0, 0.1) is 40.4 Å². The Morgan fingerprint density at radius 1 is 1.09 bits per heavy atom. The van der Waals surface area contributed by atoms with Crippen LogP contribution in [0.15, 0.2) is 36.0 Å². The Morgan fingerprint density at radius 3 is 2.53 bits per heavy atom. The molecular formula is C29H44O3. The van der Waals surface area contributed by atoms with Crippen LogP contribution < -0.4 is 0 Å². The average Bonchev–Trinajstić information content (AvgIpc) is 3.12. The van der Waals surface area contributed by atoms with E-state index in [9.17, 15) is 5.11 Å². The third-order valence-electron chi connectivity index (χ3n) is 10.7. The molecule has 6 rings (SSSR count). The molecular weight excluding hydrogens is 396 g/mol. The first-order valence-electron chi connectivity index (χ1n) is 13.3. The van der Waals surface area contributed by atoms with Crippen molar-refractivity contribution in [1.82, 2.24) is 0 Å². The summed E-state index contributed by atoms with van der Waals surface area (Å²) >= 11 is 0. The van der Waals surface area contributed by atoms with E-state index >= 15 is 0 Å². The predicted molar refractivity (Wildman–Crippen MR) is 129 cm³/mol. The van der Waals surface area contributed by atoms with Crippen LogP contribution in [0.4, 0.5) is 0 Å². The van der Waals surface area contributed by atoms with Gasteiger partial charge < -0.3 is 5.11 Å². The van der Waals surface area contributed by atoms with Crippen LogP contribution in [0.3, 0.4) is 0 Å². The van der Waals surface area contributed by atoms with Crippen molar-refractivity contribution < 1.29 is 14.9 Å². The van der Waals surface area contributed by atoms with Crippen molar-refractivity contribution in [2.75, 3.05) is 0 Å². The average molecular weight is 441 g/mol. The number of rotatable bonds is 5. The lowest BCUT2D eigenvalue weighted by Crippen LogP contribution is -2.69. The first kappa shape index (κ1) is 22.9. The molecule has 1 N–H and O–H groups in total. The smallest absolute Gasteiger partial charge is 0.147 e. The van der Waals surface area contributed by atoms with Gasteiger partial charge in [-0.05, 0) is 85.3 Å². The molecule has 1 saturated heterocycles. The van der Waals surface area contributed by atoms with Gasteiger partial charge in [-0.1, -0.05) is 59.8 Å². The van der Waals surface area contributed by atoms with Crippen molar-refractivity contribution in [2.24, 2.45) is 40.4 Å². The molecule has 2 bridgehead atoms. The van der Waals surface area contributed by atoms with E-state index in [1.165, 1.54) is 24.8 Å². The molecule has 178 valence electrons. The van der Waals surface area contributed by atoms with Gasteiger partial charge in [0.2, 0.25) is 0 Å². The summed E-state index contributed by atoms with van der Waals surface area (Å²) in [7, 11) is 0. The number of fused-ring (bicyclic) bond motifs is 2. The van der Waals surface area contributed by atoms with Crippen LogP contribution in [-0.4, -0.2) is 22.4 Å². The fourth-order valence-corrected chi connectivity index (χ4v) is 8.58. The minimum atomic E-state index is -0.508. The molecule has 2 spiro atoms. The van der Waals surface area contributed by atoms with Crippen LogP contribution in [0.1, 0.15) is 86.5 Å². The largest absolute Gasteiger partial charge is 0.393 e. The number of allylic oxidation sites excluding steroid dienone is 3. The molecule has 0 aromatic heterocycles. The van der Waals surface area contributed by atoms with Crippen molar-refractivity contribution in [2.45, 2.75) is 104 Å². The molecule has 32 heavy (non-hydrogen) atoms. The third kappa shape index (κ3) is 2.89. The standard InChI is InChI=1S/C29H44O3/c1-7-21(19(2)3)9-8-20(4)23-10-11-24-26(23,5)14-13-25-27(6)15-12-22(30)18-28(27)16-17-29(24,25)32-31-28/h8-9,13,16-17,19-24,30H,7,10-12,14-15,18H2,1-6H3/b9-8+/t20-,21?,22?,23?,24?,26?,27?,28-,29+/m1/s1.